The van der Waals surface area contributed by atoms with E-state index >= 15 is 0 Å². The van der Waals surface area contributed by atoms with Crippen LogP contribution in [-0.2, 0) is 0 Å². The zero-order valence-corrected chi connectivity index (χ0v) is 37.9. The molecule has 64 heavy (non-hydrogen) atoms. The second-order valence-electron chi connectivity index (χ2n) is 17.7. The van der Waals surface area contributed by atoms with E-state index in [4.69, 9.17) is 5.32 Å². The van der Waals surface area contributed by atoms with Gasteiger partial charge in [0.25, 0.3) is 0 Å². The highest BCUT2D eigenvalue weighted by Crippen LogP contribution is 2.43. The van der Waals surface area contributed by atoms with Gasteiger partial charge in [0.15, 0.2) is 0 Å². The molecule has 322 valence electrons. The Bertz CT molecular complexity index is 2700. The second-order valence-corrected chi connectivity index (χ2v) is 17.7. The molecular weight excluding hydrogens is 777 g/mol. The van der Waals surface area contributed by atoms with Crippen molar-refractivity contribution < 1.29 is 0 Å². The Morgan fingerprint density at radius 1 is 0.500 bits per heavy atom. The van der Waals surface area contributed by atoms with Gasteiger partial charge in [-0.3, -0.25) is 15.0 Å². The lowest BCUT2D eigenvalue weighted by atomic mass is 9.78. The molecule has 4 aromatic carbocycles. The first-order chi connectivity index (χ1) is 31.4. The molecule has 0 fully saturated rings. The van der Waals surface area contributed by atoms with Crippen LogP contribution in [-0.4, -0.2) is 15.0 Å². The van der Waals surface area contributed by atoms with Crippen LogP contribution < -0.4 is 10.4 Å². The van der Waals surface area contributed by atoms with Gasteiger partial charge in [-0.25, -0.2) is 0 Å². The monoisotopic (exact) mass is 837 g/mol. The third-order valence-electron chi connectivity index (χ3n) is 13.2. The predicted molar refractivity (Wildman–Crippen MR) is 269 cm³/mol. The van der Waals surface area contributed by atoms with Crippen LogP contribution in [0.3, 0.4) is 0 Å². The molecule has 8 rings (SSSR count). The molecule has 0 saturated carbocycles. The van der Waals surface area contributed by atoms with Gasteiger partial charge in [-0.2, -0.15) is 5.70 Å². The van der Waals surface area contributed by atoms with E-state index in [0.717, 1.165) is 82.5 Å². The summed E-state index contributed by atoms with van der Waals surface area (Å²) in [6, 6.07) is 54.5. The fraction of sp³-hybridized carbons (Fsp3) is 0.250. The van der Waals surface area contributed by atoms with Crippen LogP contribution in [0.25, 0.3) is 50.9 Å². The van der Waals surface area contributed by atoms with Crippen molar-refractivity contribution in [2.45, 2.75) is 84.0 Å². The molecule has 0 radical (unpaired) electrons. The summed E-state index contributed by atoms with van der Waals surface area (Å²) in [7, 11) is 0. The minimum absolute atomic E-state index is 0.0929. The summed E-state index contributed by atoms with van der Waals surface area (Å²) in [6.45, 7) is 9.37. The van der Waals surface area contributed by atoms with Crippen molar-refractivity contribution >= 4 is 11.8 Å². The van der Waals surface area contributed by atoms with Crippen molar-refractivity contribution in [2.75, 3.05) is 0 Å². The Labute approximate surface area is 381 Å². The maximum absolute atomic E-state index is 5.48. The molecule has 5 atom stereocenters. The third-order valence-corrected chi connectivity index (χ3v) is 13.2. The molecule has 4 heterocycles. The van der Waals surface area contributed by atoms with Crippen LogP contribution in [0.15, 0.2) is 194 Å². The number of hydrogen-bond donors (Lipinski definition) is 0. The smallest absolute Gasteiger partial charge is 0.0701 e. The van der Waals surface area contributed by atoms with Crippen LogP contribution in [0, 0.1) is 11.8 Å². The lowest BCUT2D eigenvalue weighted by molar-refractivity contribution is 0.425. The molecule has 3 aromatic heterocycles. The Morgan fingerprint density at radius 3 is 1.44 bits per heavy atom. The van der Waals surface area contributed by atoms with Gasteiger partial charge in [0, 0.05) is 35.3 Å². The fourth-order valence-electron chi connectivity index (χ4n) is 8.97. The minimum atomic E-state index is 0.0929. The molecule has 0 N–H and O–H groups in total. The van der Waals surface area contributed by atoms with Crippen LogP contribution in [0.2, 0.25) is 0 Å². The normalized spacial score (nSPS) is 14.8. The van der Waals surface area contributed by atoms with Gasteiger partial charge in [0.2, 0.25) is 0 Å². The maximum atomic E-state index is 5.48. The molecule has 0 amide bonds. The van der Waals surface area contributed by atoms with Gasteiger partial charge >= 0.3 is 0 Å². The van der Waals surface area contributed by atoms with Gasteiger partial charge in [-0.1, -0.05) is 180 Å². The predicted octanol–water partition coefficient (Wildman–Crippen LogP) is 14.6. The van der Waals surface area contributed by atoms with Crippen molar-refractivity contribution in [3.8, 4) is 33.8 Å². The van der Waals surface area contributed by atoms with E-state index in [2.05, 4.69) is 188 Å². The molecule has 5 unspecified atom stereocenters. The Kier molecular flexibility index (Phi) is 14.9. The van der Waals surface area contributed by atoms with Crippen molar-refractivity contribution in [3.63, 3.8) is 0 Å². The lowest BCUT2D eigenvalue weighted by Crippen LogP contribution is -2.15. The van der Waals surface area contributed by atoms with E-state index in [1.807, 2.05) is 48.9 Å². The third kappa shape index (κ3) is 11.3. The standard InChI is InChI=1S/C60H61N4/c1-5-43(3)40-53(46-25-31-49(32-26-46)56-14-7-10-37-61-56)24-21-45-19-22-52(23-20-45)59-17-13-18-60(64-59)55(48-29-35-51(36-30-48)58-16-9-12-39-63-58)42-54(41-44(4)6-2)47-27-33-50(34-28-47)57-15-8-11-38-62-57/h7-23,25-39,43-44,53-55H,5-6,24,40-42H2,1-4H3/q-1. The largest absolute Gasteiger partial charge is 0.660 e. The van der Waals surface area contributed by atoms with Crippen LogP contribution >= 0.6 is 0 Å². The van der Waals surface area contributed by atoms with Gasteiger partial charge in [-0.15, -0.1) is 5.70 Å². The Hall–Kier alpha value is -6.65. The Balaban J connectivity index is 1.06. The SMILES string of the molecule is CCC(C)CC(CC=c1ccc(=C2C=CC=C(C(CC(CC(C)CC)c3ccc(-c4ccccn4)cc3)c3ccc(-c4ccccn4)cc3)[N-]2)cc1)c1ccc(-c2ccccn2)cc1. The molecule has 4 nitrogen and oxygen atoms in total. The number of allylic oxidation sites excluding steroid dienone is 3. The number of benzene rings is 4. The maximum Gasteiger partial charge on any atom is 0.0701 e. The summed E-state index contributed by atoms with van der Waals surface area (Å²) in [5.41, 5.74) is 12.5. The first kappa shape index (κ1) is 44.0. The van der Waals surface area contributed by atoms with Gasteiger partial charge < -0.3 is 5.32 Å². The molecule has 0 spiro atoms. The summed E-state index contributed by atoms with van der Waals surface area (Å²) in [5, 5.41) is 7.85. The van der Waals surface area contributed by atoms with E-state index in [0.29, 0.717) is 23.7 Å². The number of hydrogen-bond acceptors (Lipinski definition) is 3. The van der Waals surface area contributed by atoms with Gasteiger partial charge in [0.05, 0.1) is 17.1 Å². The van der Waals surface area contributed by atoms with Crippen molar-refractivity contribution in [3.05, 3.63) is 227 Å². The number of pyridine rings is 3. The molecule has 0 aliphatic carbocycles. The second kappa shape index (κ2) is 21.6. The number of rotatable bonds is 17. The number of aromatic nitrogens is 3. The van der Waals surface area contributed by atoms with Crippen LogP contribution in [0.5, 0.6) is 0 Å². The van der Waals surface area contributed by atoms with E-state index in [9.17, 15) is 0 Å². The first-order valence-corrected chi connectivity index (χ1v) is 23.4. The zero-order valence-electron chi connectivity index (χ0n) is 37.9. The molecule has 0 saturated heterocycles. The van der Waals surface area contributed by atoms with E-state index in [1.165, 1.54) is 28.3 Å². The van der Waals surface area contributed by atoms with E-state index < -0.39 is 0 Å². The lowest BCUT2D eigenvalue weighted by Gasteiger charge is -2.38. The molecule has 4 heteroatoms. The fourth-order valence-corrected chi connectivity index (χ4v) is 8.97. The van der Waals surface area contributed by atoms with Crippen LogP contribution in [0.1, 0.15) is 101 Å². The summed E-state index contributed by atoms with van der Waals surface area (Å²) in [5.74, 6) is 2.13. The highest BCUT2D eigenvalue weighted by Gasteiger charge is 2.23. The van der Waals surface area contributed by atoms with Crippen LogP contribution in [0.4, 0.5) is 0 Å². The average Bonchev–Trinajstić information content (AvgIpc) is 3.37. The summed E-state index contributed by atoms with van der Waals surface area (Å²) < 4.78 is 0. The molecule has 0 bridgehead atoms. The summed E-state index contributed by atoms with van der Waals surface area (Å²) in [6.07, 6.45) is 21.1. The molecular formula is C60H61N4-. The minimum Gasteiger partial charge on any atom is -0.660 e. The Morgan fingerprint density at radius 2 is 0.969 bits per heavy atom. The highest BCUT2D eigenvalue weighted by atomic mass is 14.9. The van der Waals surface area contributed by atoms with Gasteiger partial charge in [-0.05, 0) is 119 Å². The first-order valence-electron chi connectivity index (χ1n) is 23.4. The van der Waals surface area contributed by atoms with Crippen molar-refractivity contribution in [1.29, 1.82) is 0 Å². The summed E-state index contributed by atoms with van der Waals surface area (Å²) >= 11 is 0. The molecule has 1 aliphatic heterocycles. The molecule has 1 aliphatic rings. The molecule has 7 aromatic rings. The van der Waals surface area contributed by atoms with Crippen molar-refractivity contribution in [2.24, 2.45) is 11.8 Å². The van der Waals surface area contributed by atoms with Crippen molar-refractivity contribution in [1.82, 2.24) is 15.0 Å². The highest BCUT2D eigenvalue weighted by molar-refractivity contribution is 5.74. The quantitative estimate of drug-likeness (QED) is 0.0918. The van der Waals surface area contributed by atoms with E-state index in [1.54, 1.807) is 0 Å². The van der Waals surface area contributed by atoms with E-state index in [-0.39, 0.29) is 5.92 Å². The topological polar surface area (TPSA) is 52.8 Å². The van der Waals surface area contributed by atoms with Gasteiger partial charge in [0.1, 0.15) is 0 Å². The summed E-state index contributed by atoms with van der Waals surface area (Å²) in [4.78, 5) is 13.8. The zero-order chi connectivity index (χ0) is 44.1. The average molecular weight is 838 g/mol. The number of nitrogens with zero attached hydrogens (tertiary/aromatic N) is 4.